The highest BCUT2D eigenvalue weighted by Crippen LogP contribution is 2.43. The lowest BCUT2D eigenvalue weighted by molar-refractivity contribution is 0.152. The Labute approximate surface area is 125 Å². The Hall–Kier alpha value is -1.87. The molecule has 108 valence electrons. The van der Waals surface area contributed by atoms with Crippen molar-refractivity contribution in [2.45, 2.75) is 31.8 Å². The first-order valence-electron chi connectivity index (χ1n) is 7.82. The second kappa shape index (κ2) is 5.15. The molecule has 1 heterocycles. The number of hydrogen-bond acceptors (Lipinski definition) is 2. The molecular formula is C18H21N3. The van der Waals surface area contributed by atoms with E-state index in [2.05, 4.69) is 53.6 Å². The summed E-state index contributed by atoms with van der Waals surface area (Å²) >= 11 is 0. The van der Waals surface area contributed by atoms with Gasteiger partial charge in [-0.25, -0.2) is 4.98 Å². The highest BCUT2D eigenvalue weighted by molar-refractivity contribution is 5.35. The Bertz CT molecular complexity index is 627. The maximum atomic E-state index is 4.09. The number of nitrogens with one attached hydrogen (secondary N) is 1. The van der Waals surface area contributed by atoms with Gasteiger partial charge in [0, 0.05) is 30.2 Å². The topological polar surface area (TPSA) is 29.9 Å². The smallest absolute Gasteiger partial charge is 0.0991 e. The minimum absolute atomic E-state index is 0.404. The number of allylic oxidation sites excluding steroid dienone is 1. The summed E-state index contributed by atoms with van der Waals surface area (Å²) in [5.74, 6) is 1.69. The number of nitrogens with zero attached hydrogens (tertiary/aromatic N) is 2. The summed E-state index contributed by atoms with van der Waals surface area (Å²) in [5.41, 5.74) is 2.51. The number of hydrogen-bond donors (Lipinski definition) is 1. The lowest BCUT2D eigenvalue weighted by atomic mass is 9.71. The summed E-state index contributed by atoms with van der Waals surface area (Å²) in [6.07, 6.45) is 13.0. The molecule has 0 spiro atoms. The molecule has 0 aliphatic heterocycles. The molecule has 3 heteroatoms. The molecule has 1 fully saturated rings. The maximum absolute atomic E-state index is 4.09. The van der Waals surface area contributed by atoms with Crippen molar-refractivity contribution in [1.29, 1.82) is 0 Å². The van der Waals surface area contributed by atoms with E-state index in [0.717, 1.165) is 17.5 Å². The first-order valence-corrected chi connectivity index (χ1v) is 7.82. The molecule has 0 bridgehead atoms. The maximum Gasteiger partial charge on any atom is 0.0991 e. The molecule has 1 aromatic heterocycles. The minimum Gasteiger partial charge on any atom is -0.307 e. The standard InChI is InChI=1S/C18H21N3/c1-13(20-18-11-15-3-2-4-17(15)18)14-5-7-16(8-6-14)21-10-9-19-12-21/h2,4-10,12-13,15,17-18,20H,3,11H2,1H3/t13-,15+,17-,18-/m0/s1. The van der Waals surface area contributed by atoms with E-state index in [4.69, 9.17) is 0 Å². The van der Waals surface area contributed by atoms with Crippen molar-refractivity contribution < 1.29 is 0 Å². The fourth-order valence-electron chi connectivity index (χ4n) is 3.67. The van der Waals surface area contributed by atoms with Crippen LogP contribution in [-0.4, -0.2) is 15.6 Å². The van der Waals surface area contributed by atoms with Gasteiger partial charge in [0.25, 0.3) is 0 Å². The van der Waals surface area contributed by atoms with Crippen LogP contribution in [0.3, 0.4) is 0 Å². The number of fused-ring (bicyclic) bond motifs is 1. The molecule has 0 amide bonds. The molecule has 1 saturated carbocycles. The van der Waals surface area contributed by atoms with Gasteiger partial charge in [-0.05, 0) is 49.3 Å². The van der Waals surface area contributed by atoms with Crippen LogP contribution in [0.2, 0.25) is 0 Å². The summed E-state index contributed by atoms with van der Waals surface area (Å²) in [7, 11) is 0. The Kier molecular flexibility index (Phi) is 3.15. The monoisotopic (exact) mass is 279 g/mol. The van der Waals surface area contributed by atoms with Gasteiger partial charge in [-0.1, -0.05) is 24.3 Å². The van der Waals surface area contributed by atoms with Crippen LogP contribution in [0, 0.1) is 11.8 Å². The molecule has 1 N–H and O–H groups in total. The van der Waals surface area contributed by atoms with E-state index in [0.29, 0.717) is 12.1 Å². The van der Waals surface area contributed by atoms with Gasteiger partial charge >= 0.3 is 0 Å². The van der Waals surface area contributed by atoms with Gasteiger partial charge < -0.3 is 9.88 Å². The van der Waals surface area contributed by atoms with E-state index in [1.165, 1.54) is 18.4 Å². The van der Waals surface area contributed by atoms with Crippen molar-refractivity contribution in [3.05, 3.63) is 60.7 Å². The van der Waals surface area contributed by atoms with E-state index in [-0.39, 0.29) is 0 Å². The SMILES string of the molecule is C[C@H](N[C@H]1C[C@H]2CC=C[C@@H]21)c1ccc(-n2ccnc2)cc1. The Balaban J connectivity index is 1.42. The zero-order chi connectivity index (χ0) is 14.2. The normalized spacial score (nSPS) is 28.1. The highest BCUT2D eigenvalue weighted by atomic mass is 15.0. The van der Waals surface area contributed by atoms with Crippen LogP contribution in [-0.2, 0) is 0 Å². The van der Waals surface area contributed by atoms with Gasteiger partial charge in [-0.2, -0.15) is 0 Å². The zero-order valence-electron chi connectivity index (χ0n) is 12.3. The average molecular weight is 279 g/mol. The fourth-order valence-corrected chi connectivity index (χ4v) is 3.67. The van der Waals surface area contributed by atoms with Crippen LogP contribution in [0.15, 0.2) is 55.1 Å². The predicted octanol–water partition coefficient (Wildman–Crippen LogP) is 3.49. The molecule has 21 heavy (non-hydrogen) atoms. The van der Waals surface area contributed by atoms with E-state index in [1.54, 1.807) is 6.20 Å². The van der Waals surface area contributed by atoms with Crippen LogP contribution in [0.1, 0.15) is 31.4 Å². The van der Waals surface area contributed by atoms with Gasteiger partial charge in [-0.3, -0.25) is 0 Å². The summed E-state index contributed by atoms with van der Waals surface area (Å²) in [6, 6.07) is 9.82. The van der Waals surface area contributed by atoms with Gasteiger partial charge in [0.2, 0.25) is 0 Å². The molecule has 0 saturated heterocycles. The van der Waals surface area contributed by atoms with Crippen molar-refractivity contribution in [3.63, 3.8) is 0 Å². The Morgan fingerprint density at radius 3 is 2.86 bits per heavy atom. The number of rotatable bonds is 4. The van der Waals surface area contributed by atoms with E-state index < -0.39 is 0 Å². The van der Waals surface area contributed by atoms with E-state index >= 15 is 0 Å². The van der Waals surface area contributed by atoms with Gasteiger partial charge in [0.05, 0.1) is 6.33 Å². The Morgan fingerprint density at radius 2 is 2.14 bits per heavy atom. The van der Waals surface area contributed by atoms with Crippen LogP contribution in [0.5, 0.6) is 0 Å². The zero-order valence-corrected chi connectivity index (χ0v) is 12.3. The minimum atomic E-state index is 0.404. The van der Waals surface area contributed by atoms with Crippen LogP contribution in [0.25, 0.3) is 5.69 Å². The van der Waals surface area contributed by atoms with Gasteiger partial charge in [-0.15, -0.1) is 0 Å². The summed E-state index contributed by atoms with van der Waals surface area (Å²) in [6.45, 7) is 2.26. The third kappa shape index (κ3) is 2.32. The molecule has 4 atom stereocenters. The molecule has 1 aromatic carbocycles. The average Bonchev–Trinajstić information content (AvgIpc) is 3.14. The van der Waals surface area contributed by atoms with Crippen LogP contribution >= 0.6 is 0 Å². The van der Waals surface area contributed by atoms with Crippen molar-refractivity contribution in [3.8, 4) is 5.69 Å². The molecular weight excluding hydrogens is 258 g/mol. The molecule has 2 aliphatic rings. The molecule has 2 aliphatic carbocycles. The quantitative estimate of drug-likeness (QED) is 0.868. The molecule has 3 nitrogen and oxygen atoms in total. The predicted molar refractivity (Wildman–Crippen MR) is 84.3 cm³/mol. The number of imidazole rings is 1. The van der Waals surface area contributed by atoms with Crippen molar-refractivity contribution >= 4 is 0 Å². The van der Waals surface area contributed by atoms with E-state index in [1.807, 2.05) is 17.1 Å². The molecule has 0 unspecified atom stereocenters. The summed E-state index contributed by atoms with van der Waals surface area (Å²) in [5, 5.41) is 3.79. The van der Waals surface area contributed by atoms with Crippen LogP contribution in [0.4, 0.5) is 0 Å². The second-order valence-corrected chi connectivity index (χ2v) is 6.29. The lowest BCUT2D eigenvalue weighted by Gasteiger charge is -2.42. The van der Waals surface area contributed by atoms with E-state index in [9.17, 15) is 0 Å². The third-order valence-electron chi connectivity index (χ3n) is 5.02. The van der Waals surface area contributed by atoms with Crippen molar-refractivity contribution in [2.24, 2.45) is 11.8 Å². The van der Waals surface area contributed by atoms with Gasteiger partial charge in [0.1, 0.15) is 0 Å². The molecule has 4 rings (SSSR count). The fraction of sp³-hybridized carbons (Fsp3) is 0.389. The summed E-state index contributed by atoms with van der Waals surface area (Å²) < 4.78 is 2.03. The Morgan fingerprint density at radius 1 is 1.29 bits per heavy atom. The molecule has 2 aromatic rings. The second-order valence-electron chi connectivity index (χ2n) is 6.29. The van der Waals surface area contributed by atoms with Crippen LogP contribution < -0.4 is 5.32 Å². The number of aromatic nitrogens is 2. The lowest BCUT2D eigenvalue weighted by Crippen LogP contribution is -2.48. The van der Waals surface area contributed by atoms with Crippen molar-refractivity contribution in [1.82, 2.24) is 14.9 Å². The van der Waals surface area contributed by atoms with Crippen molar-refractivity contribution in [2.75, 3.05) is 0 Å². The first kappa shape index (κ1) is 12.8. The first-order chi connectivity index (χ1) is 10.3. The summed E-state index contributed by atoms with van der Waals surface area (Å²) in [4.78, 5) is 4.09. The third-order valence-corrected chi connectivity index (χ3v) is 5.02. The highest BCUT2D eigenvalue weighted by Gasteiger charge is 2.41. The largest absolute Gasteiger partial charge is 0.307 e. The van der Waals surface area contributed by atoms with Gasteiger partial charge in [0.15, 0.2) is 0 Å². The number of benzene rings is 1. The molecule has 0 radical (unpaired) electrons.